The van der Waals surface area contributed by atoms with Crippen LogP contribution in [0.1, 0.15) is 47.7 Å². The van der Waals surface area contributed by atoms with E-state index in [9.17, 15) is 28.0 Å². The Morgan fingerprint density at radius 1 is 1.26 bits per heavy atom. The van der Waals surface area contributed by atoms with Gasteiger partial charge in [0, 0.05) is 28.9 Å². The first-order chi connectivity index (χ1) is 19.7. The summed E-state index contributed by atoms with van der Waals surface area (Å²) < 4.78 is 44.8. The minimum absolute atomic E-state index is 0.0433. The van der Waals surface area contributed by atoms with Gasteiger partial charge in [-0.05, 0) is 67.0 Å². The molecule has 3 saturated carbocycles. The molecule has 1 aromatic heterocycles. The Labute approximate surface area is 241 Å². The number of carbonyl (C=O) groups is 1. The number of aromatic nitrogens is 2. The van der Waals surface area contributed by atoms with E-state index in [4.69, 9.17) is 25.9 Å². The number of halogens is 3. The number of hydrogen-bond acceptors (Lipinski definition) is 6. The Kier molecular flexibility index (Phi) is 6.59. The maximum atomic E-state index is 14.2. The summed E-state index contributed by atoms with van der Waals surface area (Å²) in [6, 6.07) is 4.57. The molecule has 2 heterocycles. The standard InChI is InChI=1S/C27H24ClF2N4O7P/c1-13-17(28)4-3-16-15(8-31-21(13)16)7-20-24(36)34(25(37)33-20)22(14-2-5-18(29)19(30)6-14)23(35)32-12-26-9-27(10-26,11-26)41-42(38,39)40/h2-8,22,36H,9-12H2,1H3,(H,32,35)(H,33,37)(H2,38,39,40)/b15-7+. The average molecular weight is 621 g/mol. The van der Waals surface area contributed by atoms with Gasteiger partial charge in [0.1, 0.15) is 11.7 Å². The van der Waals surface area contributed by atoms with Crippen molar-refractivity contribution in [2.45, 2.75) is 37.8 Å². The smallest absolute Gasteiger partial charge is 0.470 e. The molecule has 4 aliphatic rings. The van der Waals surface area contributed by atoms with Gasteiger partial charge in [-0.25, -0.2) is 22.7 Å². The van der Waals surface area contributed by atoms with Gasteiger partial charge in [0.15, 0.2) is 11.6 Å². The normalized spacial score (nSPS) is 23.8. The van der Waals surface area contributed by atoms with Crippen molar-refractivity contribution in [2.24, 2.45) is 10.4 Å². The molecule has 0 saturated heterocycles. The van der Waals surface area contributed by atoms with Crippen LogP contribution in [0.5, 0.6) is 5.88 Å². The zero-order valence-electron chi connectivity index (χ0n) is 21.9. The van der Waals surface area contributed by atoms with Crippen LogP contribution in [0.2, 0.25) is 5.02 Å². The molecule has 2 bridgehead atoms. The Balaban J connectivity index is 1.30. The number of carbonyl (C=O) groups excluding carboxylic acids is 1. The first-order valence-electron chi connectivity index (χ1n) is 12.8. The molecular formula is C27H24ClF2N4O7P. The molecule has 42 heavy (non-hydrogen) atoms. The lowest BCUT2D eigenvalue weighted by Gasteiger charge is -2.69. The lowest BCUT2D eigenvalue weighted by atomic mass is 9.41. The van der Waals surface area contributed by atoms with Crippen molar-refractivity contribution >= 4 is 48.9 Å². The summed E-state index contributed by atoms with van der Waals surface area (Å²) in [6.45, 7) is 1.88. The number of aromatic amines is 1. The van der Waals surface area contributed by atoms with Gasteiger partial charge < -0.3 is 25.2 Å². The maximum absolute atomic E-state index is 14.2. The van der Waals surface area contributed by atoms with Crippen LogP contribution in [0, 0.1) is 24.0 Å². The second-order valence-electron chi connectivity index (χ2n) is 11.1. The molecule has 1 atom stereocenters. The minimum atomic E-state index is -4.67. The van der Waals surface area contributed by atoms with E-state index >= 15 is 0 Å². The second kappa shape index (κ2) is 9.72. The predicted molar refractivity (Wildman–Crippen MR) is 149 cm³/mol. The highest BCUT2D eigenvalue weighted by atomic mass is 35.5. The molecule has 220 valence electrons. The van der Waals surface area contributed by atoms with Crippen LogP contribution in [0.3, 0.4) is 0 Å². The number of hydrogen-bond donors (Lipinski definition) is 5. The Morgan fingerprint density at radius 3 is 2.64 bits per heavy atom. The summed E-state index contributed by atoms with van der Waals surface area (Å²) in [6.07, 6.45) is 3.93. The zero-order valence-corrected chi connectivity index (χ0v) is 23.5. The van der Waals surface area contributed by atoms with Gasteiger partial charge in [-0.15, -0.1) is 0 Å². The molecule has 11 nitrogen and oxygen atoms in total. The average Bonchev–Trinajstić information content (AvgIpc) is 3.40. The molecule has 1 amide bonds. The summed E-state index contributed by atoms with van der Waals surface area (Å²) in [5, 5.41) is 14.4. The summed E-state index contributed by atoms with van der Waals surface area (Å²) in [5.41, 5.74) is 0.228. The molecule has 0 radical (unpaired) electrons. The lowest BCUT2D eigenvalue weighted by Crippen LogP contribution is -2.71. The third-order valence-corrected chi connectivity index (χ3v) is 9.08. The van der Waals surface area contributed by atoms with E-state index in [1.54, 1.807) is 19.1 Å². The van der Waals surface area contributed by atoms with Crippen molar-refractivity contribution in [1.29, 1.82) is 0 Å². The van der Waals surface area contributed by atoms with Gasteiger partial charge in [0.2, 0.25) is 11.8 Å². The molecule has 1 unspecified atom stereocenters. The Hall–Kier alpha value is -3.61. The number of imidazole rings is 1. The van der Waals surface area contributed by atoms with Crippen molar-refractivity contribution in [1.82, 2.24) is 14.9 Å². The maximum Gasteiger partial charge on any atom is 0.470 e. The number of aromatic hydroxyl groups is 1. The molecule has 3 aliphatic carbocycles. The van der Waals surface area contributed by atoms with Crippen molar-refractivity contribution < 1.29 is 37.6 Å². The highest BCUT2D eigenvalue weighted by molar-refractivity contribution is 7.46. The number of nitrogens with one attached hydrogen (secondary N) is 2. The summed E-state index contributed by atoms with van der Waals surface area (Å²) in [4.78, 5) is 51.8. The Bertz CT molecular complexity index is 1810. The number of fused-ring (bicyclic) bond motifs is 1. The molecular weight excluding hydrogens is 597 g/mol. The summed E-state index contributed by atoms with van der Waals surface area (Å²) in [5.74, 6) is -3.82. The SMILES string of the molecule is Cc1c(Cl)ccc2c1N=C/C2=C\c1[nH]c(=O)n(C(C(=O)NCC23CC(OP(=O)(O)O)(C2)C3)c2ccc(F)c(F)c2)c1O. The topological polar surface area (TPSA) is 166 Å². The third-order valence-electron chi connectivity index (χ3n) is 8.05. The van der Waals surface area contributed by atoms with Gasteiger partial charge >= 0.3 is 13.5 Å². The number of phosphoric acid groups is 1. The number of nitrogens with zero attached hydrogens (tertiary/aromatic N) is 2. The van der Waals surface area contributed by atoms with Crippen molar-refractivity contribution in [3.05, 3.63) is 79.9 Å². The van der Waals surface area contributed by atoms with E-state index in [0.717, 1.165) is 28.3 Å². The zero-order chi connectivity index (χ0) is 30.2. The number of H-pyrrole nitrogens is 1. The quantitative estimate of drug-likeness (QED) is 0.236. The molecule has 1 aliphatic heterocycles. The first-order valence-corrected chi connectivity index (χ1v) is 14.7. The van der Waals surface area contributed by atoms with Gasteiger partial charge in [-0.3, -0.25) is 14.3 Å². The third kappa shape index (κ3) is 4.81. The fourth-order valence-electron chi connectivity index (χ4n) is 6.25. The van der Waals surface area contributed by atoms with E-state index in [-0.39, 0.29) is 17.8 Å². The minimum Gasteiger partial charge on any atom is -0.493 e. The van der Waals surface area contributed by atoms with Gasteiger partial charge in [-0.2, -0.15) is 0 Å². The largest absolute Gasteiger partial charge is 0.493 e. The van der Waals surface area contributed by atoms with Crippen LogP contribution < -0.4 is 11.0 Å². The summed E-state index contributed by atoms with van der Waals surface area (Å²) in [7, 11) is -4.67. The number of benzene rings is 2. The van der Waals surface area contributed by atoms with Crippen LogP contribution >= 0.6 is 19.4 Å². The van der Waals surface area contributed by atoms with Crippen molar-refractivity contribution in [3.63, 3.8) is 0 Å². The fraction of sp³-hybridized carbons (Fsp3) is 0.296. The number of aliphatic imine (C=N–C) groups is 1. The van der Waals surface area contributed by atoms with Crippen LogP contribution in [0.25, 0.3) is 11.6 Å². The van der Waals surface area contributed by atoms with Gasteiger partial charge in [-0.1, -0.05) is 23.7 Å². The number of allylic oxidation sites excluding steroid dienone is 1. The van der Waals surface area contributed by atoms with Crippen LogP contribution in [0.15, 0.2) is 40.1 Å². The highest BCUT2D eigenvalue weighted by Gasteiger charge is 2.70. The predicted octanol–water partition coefficient (Wildman–Crippen LogP) is 4.12. The first kappa shape index (κ1) is 28.5. The highest BCUT2D eigenvalue weighted by Crippen LogP contribution is 2.72. The monoisotopic (exact) mass is 620 g/mol. The number of phosphoric ester groups is 1. The molecule has 7 rings (SSSR count). The van der Waals surface area contributed by atoms with Gasteiger partial charge in [0.05, 0.1) is 11.3 Å². The van der Waals surface area contributed by atoms with Crippen molar-refractivity contribution in [2.75, 3.05) is 6.54 Å². The Morgan fingerprint density at radius 2 is 1.98 bits per heavy atom. The molecule has 0 spiro atoms. The van der Waals surface area contributed by atoms with E-state index in [1.165, 1.54) is 12.3 Å². The molecule has 3 aromatic rings. The number of rotatable bonds is 8. The molecule has 3 fully saturated rings. The van der Waals surface area contributed by atoms with Crippen LogP contribution in [-0.2, 0) is 13.9 Å². The van der Waals surface area contributed by atoms with Gasteiger partial charge in [0.25, 0.3) is 0 Å². The van der Waals surface area contributed by atoms with E-state index in [1.807, 2.05) is 0 Å². The molecule has 15 heteroatoms. The lowest BCUT2D eigenvalue weighted by molar-refractivity contribution is -0.246. The van der Waals surface area contributed by atoms with E-state index in [0.29, 0.717) is 41.1 Å². The fourth-order valence-corrected chi connectivity index (χ4v) is 7.10. The van der Waals surface area contributed by atoms with Crippen LogP contribution in [-0.4, -0.2) is 48.7 Å². The van der Waals surface area contributed by atoms with Crippen molar-refractivity contribution in [3.8, 4) is 5.88 Å². The molecule has 5 N–H and O–H groups in total. The van der Waals surface area contributed by atoms with E-state index < -0.39 is 54.0 Å². The number of amides is 1. The van der Waals surface area contributed by atoms with E-state index in [2.05, 4.69) is 15.3 Å². The summed E-state index contributed by atoms with van der Waals surface area (Å²) >= 11 is 6.18. The van der Waals surface area contributed by atoms with Crippen LogP contribution in [0.4, 0.5) is 14.5 Å². The molecule has 2 aromatic carbocycles. The second-order valence-corrected chi connectivity index (χ2v) is 12.6.